The highest BCUT2D eigenvalue weighted by Gasteiger charge is 2.21. The van der Waals surface area contributed by atoms with E-state index in [4.69, 9.17) is 0 Å². The predicted molar refractivity (Wildman–Crippen MR) is 82.9 cm³/mol. The first kappa shape index (κ1) is 15.0. The number of aryl methyl sites for hydroxylation is 1. The maximum atomic E-state index is 12.3. The number of nitrogens with zero attached hydrogens (tertiary/aromatic N) is 1. The van der Waals surface area contributed by atoms with Crippen LogP contribution in [0.2, 0.25) is 0 Å². The first-order chi connectivity index (χ1) is 9.56. The van der Waals surface area contributed by atoms with Crippen LogP contribution in [0.3, 0.4) is 0 Å². The summed E-state index contributed by atoms with van der Waals surface area (Å²) >= 11 is 0. The Morgan fingerprint density at radius 2 is 1.95 bits per heavy atom. The Hall–Kier alpha value is -1.35. The summed E-state index contributed by atoms with van der Waals surface area (Å²) in [6.07, 6.45) is 2.12. The molecular weight excluding hydrogens is 248 g/mol. The van der Waals surface area contributed by atoms with Gasteiger partial charge >= 0.3 is 0 Å². The normalized spacial score (nSPS) is 17.4. The van der Waals surface area contributed by atoms with Crippen LogP contribution in [0, 0.1) is 12.8 Å². The van der Waals surface area contributed by atoms with Crippen molar-refractivity contribution in [3.8, 4) is 0 Å². The van der Waals surface area contributed by atoms with Gasteiger partial charge in [-0.05, 0) is 37.3 Å². The Morgan fingerprint density at radius 1 is 1.30 bits per heavy atom. The molecule has 0 aromatic heterocycles. The van der Waals surface area contributed by atoms with Crippen molar-refractivity contribution in [2.24, 2.45) is 5.92 Å². The highest BCUT2D eigenvalue weighted by atomic mass is 16.1. The molecule has 110 valence electrons. The Kier molecular flexibility index (Phi) is 5.18. The van der Waals surface area contributed by atoms with Gasteiger partial charge in [0.15, 0.2) is 0 Å². The lowest BCUT2D eigenvalue weighted by molar-refractivity contribution is 0.0906. The minimum absolute atomic E-state index is 0.0745. The molecule has 0 atom stereocenters. The molecule has 2 rings (SSSR count). The molecular formula is C17H26N2O. The SMILES string of the molecule is Cc1ccccc1C(=O)NC1CCN(CC(C)C)CC1. The largest absolute Gasteiger partial charge is 0.349 e. The average Bonchev–Trinajstić information content (AvgIpc) is 2.41. The fourth-order valence-corrected chi connectivity index (χ4v) is 2.87. The zero-order chi connectivity index (χ0) is 14.5. The van der Waals surface area contributed by atoms with E-state index in [1.807, 2.05) is 31.2 Å². The Morgan fingerprint density at radius 3 is 2.55 bits per heavy atom. The van der Waals surface area contributed by atoms with Gasteiger partial charge in [0.25, 0.3) is 5.91 Å². The summed E-state index contributed by atoms with van der Waals surface area (Å²) in [6.45, 7) is 9.85. The van der Waals surface area contributed by atoms with E-state index < -0.39 is 0 Å². The van der Waals surface area contributed by atoms with E-state index in [1.54, 1.807) is 0 Å². The van der Waals surface area contributed by atoms with Gasteiger partial charge in [0.05, 0.1) is 0 Å². The van der Waals surface area contributed by atoms with E-state index in [0.717, 1.165) is 37.1 Å². The minimum Gasteiger partial charge on any atom is -0.349 e. The van der Waals surface area contributed by atoms with Gasteiger partial charge < -0.3 is 10.2 Å². The molecule has 20 heavy (non-hydrogen) atoms. The zero-order valence-corrected chi connectivity index (χ0v) is 12.9. The monoisotopic (exact) mass is 274 g/mol. The molecule has 1 aromatic rings. The van der Waals surface area contributed by atoms with Gasteiger partial charge in [0.2, 0.25) is 0 Å². The summed E-state index contributed by atoms with van der Waals surface area (Å²) in [7, 11) is 0. The van der Waals surface area contributed by atoms with E-state index in [0.29, 0.717) is 12.0 Å². The van der Waals surface area contributed by atoms with E-state index in [1.165, 1.54) is 6.54 Å². The van der Waals surface area contributed by atoms with Crippen LogP contribution in [0.1, 0.15) is 42.6 Å². The van der Waals surface area contributed by atoms with E-state index >= 15 is 0 Å². The number of carbonyl (C=O) groups is 1. The molecule has 0 saturated carbocycles. The van der Waals surface area contributed by atoms with Gasteiger partial charge in [-0.1, -0.05) is 32.0 Å². The maximum Gasteiger partial charge on any atom is 0.251 e. The standard InChI is InChI=1S/C17H26N2O/c1-13(2)12-19-10-8-15(9-11-19)18-17(20)16-7-5-4-6-14(16)3/h4-7,13,15H,8-12H2,1-3H3,(H,18,20). The second kappa shape index (κ2) is 6.89. The van der Waals surface area contributed by atoms with Gasteiger partial charge in [-0.3, -0.25) is 4.79 Å². The van der Waals surface area contributed by atoms with Crippen molar-refractivity contribution < 1.29 is 4.79 Å². The number of hydrogen-bond acceptors (Lipinski definition) is 2. The van der Waals surface area contributed by atoms with E-state index in [9.17, 15) is 4.79 Å². The van der Waals surface area contributed by atoms with Crippen LogP contribution >= 0.6 is 0 Å². The van der Waals surface area contributed by atoms with Crippen LogP contribution in [0.15, 0.2) is 24.3 Å². The van der Waals surface area contributed by atoms with Gasteiger partial charge in [-0.15, -0.1) is 0 Å². The summed E-state index contributed by atoms with van der Waals surface area (Å²) < 4.78 is 0. The van der Waals surface area contributed by atoms with Crippen molar-refractivity contribution in [1.29, 1.82) is 0 Å². The molecule has 0 spiro atoms. The molecule has 1 aliphatic rings. The smallest absolute Gasteiger partial charge is 0.251 e. The fourth-order valence-electron chi connectivity index (χ4n) is 2.87. The van der Waals surface area contributed by atoms with E-state index in [-0.39, 0.29) is 5.91 Å². The highest BCUT2D eigenvalue weighted by Crippen LogP contribution is 2.14. The van der Waals surface area contributed by atoms with Crippen molar-refractivity contribution in [2.45, 2.75) is 39.7 Å². The summed E-state index contributed by atoms with van der Waals surface area (Å²) in [5.74, 6) is 0.790. The Bertz CT molecular complexity index is 448. The van der Waals surface area contributed by atoms with Crippen molar-refractivity contribution in [3.05, 3.63) is 35.4 Å². The van der Waals surface area contributed by atoms with Crippen LogP contribution in [0.25, 0.3) is 0 Å². The molecule has 1 aliphatic heterocycles. The molecule has 3 nitrogen and oxygen atoms in total. The molecule has 1 heterocycles. The molecule has 1 amide bonds. The van der Waals surface area contributed by atoms with E-state index in [2.05, 4.69) is 24.1 Å². The average molecular weight is 274 g/mol. The quantitative estimate of drug-likeness (QED) is 0.915. The Balaban J connectivity index is 1.84. The van der Waals surface area contributed by atoms with Gasteiger partial charge in [-0.25, -0.2) is 0 Å². The number of benzene rings is 1. The first-order valence-electron chi connectivity index (χ1n) is 7.65. The van der Waals surface area contributed by atoms with Gasteiger partial charge in [0, 0.05) is 31.2 Å². The number of carbonyl (C=O) groups excluding carboxylic acids is 1. The summed E-state index contributed by atoms with van der Waals surface area (Å²) in [4.78, 5) is 14.8. The number of hydrogen-bond donors (Lipinski definition) is 1. The summed E-state index contributed by atoms with van der Waals surface area (Å²) in [5, 5.41) is 3.18. The molecule has 1 N–H and O–H groups in total. The van der Waals surface area contributed by atoms with Crippen molar-refractivity contribution >= 4 is 5.91 Å². The summed E-state index contributed by atoms with van der Waals surface area (Å²) in [5.41, 5.74) is 1.85. The first-order valence-corrected chi connectivity index (χ1v) is 7.65. The molecule has 3 heteroatoms. The third-order valence-corrected chi connectivity index (χ3v) is 3.94. The van der Waals surface area contributed by atoms with Crippen LogP contribution in [-0.4, -0.2) is 36.5 Å². The van der Waals surface area contributed by atoms with Crippen LogP contribution < -0.4 is 5.32 Å². The number of likely N-dealkylation sites (tertiary alicyclic amines) is 1. The lowest BCUT2D eigenvalue weighted by Gasteiger charge is -2.33. The molecule has 0 unspecified atom stereocenters. The van der Waals surface area contributed by atoms with Crippen molar-refractivity contribution in [1.82, 2.24) is 10.2 Å². The molecule has 1 saturated heterocycles. The van der Waals surface area contributed by atoms with Gasteiger partial charge in [-0.2, -0.15) is 0 Å². The molecule has 0 aliphatic carbocycles. The number of nitrogens with one attached hydrogen (secondary N) is 1. The summed E-state index contributed by atoms with van der Waals surface area (Å²) in [6, 6.07) is 8.10. The Labute approximate surface area is 122 Å². The molecule has 1 aromatic carbocycles. The lowest BCUT2D eigenvalue weighted by Crippen LogP contribution is -2.45. The van der Waals surface area contributed by atoms with Crippen LogP contribution in [0.4, 0.5) is 0 Å². The van der Waals surface area contributed by atoms with Crippen molar-refractivity contribution in [2.75, 3.05) is 19.6 Å². The number of amides is 1. The zero-order valence-electron chi connectivity index (χ0n) is 12.9. The second-order valence-corrected chi connectivity index (χ2v) is 6.26. The predicted octanol–water partition coefficient (Wildman–Crippen LogP) is 2.85. The van der Waals surface area contributed by atoms with Gasteiger partial charge in [0.1, 0.15) is 0 Å². The van der Waals surface area contributed by atoms with Crippen molar-refractivity contribution in [3.63, 3.8) is 0 Å². The van der Waals surface area contributed by atoms with Crippen LogP contribution in [-0.2, 0) is 0 Å². The molecule has 1 fully saturated rings. The highest BCUT2D eigenvalue weighted by molar-refractivity contribution is 5.95. The topological polar surface area (TPSA) is 32.3 Å². The third kappa shape index (κ3) is 4.07. The molecule has 0 bridgehead atoms. The minimum atomic E-state index is 0.0745. The lowest BCUT2D eigenvalue weighted by atomic mass is 10.0. The fraction of sp³-hybridized carbons (Fsp3) is 0.588. The maximum absolute atomic E-state index is 12.3. The van der Waals surface area contributed by atoms with Crippen LogP contribution in [0.5, 0.6) is 0 Å². The number of piperidine rings is 1. The second-order valence-electron chi connectivity index (χ2n) is 6.26. The number of rotatable bonds is 4. The molecule has 0 radical (unpaired) electrons. The third-order valence-electron chi connectivity index (χ3n) is 3.94.